The number of hydrogen-bond donors (Lipinski definition) is 2. The van der Waals surface area contributed by atoms with Gasteiger partial charge in [0.2, 0.25) is 0 Å². The SMILES string of the molecule is Cc1cc(C)c(-n2cc(CCC(=O)O)c(C(F)(F)F)n2)c(O)c1. The van der Waals surface area contributed by atoms with Gasteiger partial charge in [0, 0.05) is 18.2 Å². The molecule has 8 heteroatoms. The first-order valence-electron chi connectivity index (χ1n) is 6.77. The Morgan fingerprint density at radius 1 is 1.30 bits per heavy atom. The van der Waals surface area contributed by atoms with Crippen LogP contribution in [-0.2, 0) is 17.4 Å². The van der Waals surface area contributed by atoms with Crippen molar-refractivity contribution in [2.24, 2.45) is 0 Å². The third kappa shape index (κ3) is 3.64. The third-order valence-corrected chi connectivity index (χ3v) is 3.32. The number of phenolic OH excluding ortho intramolecular Hbond substituents is 1. The summed E-state index contributed by atoms with van der Waals surface area (Å²) in [6.45, 7) is 3.40. The van der Waals surface area contributed by atoms with Crippen LogP contribution < -0.4 is 0 Å². The largest absolute Gasteiger partial charge is 0.506 e. The molecule has 0 saturated carbocycles. The molecule has 0 saturated heterocycles. The number of benzene rings is 1. The highest BCUT2D eigenvalue weighted by Gasteiger charge is 2.37. The Morgan fingerprint density at radius 3 is 2.48 bits per heavy atom. The zero-order chi connectivity index (χ0) is 17.4. The predicted octanol–water partition coefficient (Wildman–Crippen LogP) is 3.23. The summed E-state index contributed by atoms with van der Waals surface area (Å²) in [5.41, 5.74) is 0.0987. The standard InChI is InChI=1S/C15H15F3N2O3/c1-8-5-9(2)13(11(21)6-8)20-7-10(3-4-12(22)23)14(19-20)15(16,17)18/h5-7,21H,3-4H2,1-2H3,(H,22,23). The number of carboxylic acid groups (broad SMARTS) is 1. The van der Waals surface area contributed by atoms with Gasteiger partial charge >= 0.3 is 12.1 Å². The van der Waals surface area contributed by atoms with Crippen molar-refractivity contribution in [2.45, 2.75) is 32.9 Å². The Labute approximate surface area is 130 Å². The lowest BCUT2D eigenvalue weighted by atomic mass is 10.1. The molecule has 1 heterocycles. The summed E-state index contributed by atoms with van der Waals surface area (Å²) in [6, 6.07) is 3.13. The summed E-state index contributed by atoms with van der Waals surface area (Å²) in [5, 5.41) is 22.2. The van der Waals surface area contributed by atoms with E-state index in [0.717, 1.165) is 16.4 Å². The fraction of sp³-hybridized carbons (Fsp3) is 0.333. The van der Waals surface area contributed by atoms with E-state index in [4.69, 9.17) is 5.11 Å². The Balaban J connectivity index is 2.55. The highest BCUT2D eigenvalue weighted by Crippen LogP contribution is 2.34. The minimum absolute atomic E-state index is 0.141. The molecular formula is C15H15F3N2O3. The van der Waals surface area contributed by atoms with E-state index in [1.165, 1.54) is 6.07 Å². The van der Waals surface area contributed by atoms with Crippen molar-refractivity contribution < 1.29 is 28.2 Å². The third-order valence-electron chi connectivity index (χ3n) is 3.32. The molecule has 0 radical (unpaired) electrons. The number of hydrogen-bond acceptors (Lipinski definition) is 3. The van der Waals surface area contributed by atoms with Gasteiger partial charge in [-0.05, 0) is 37.5 Å². The van der Waals surface area contributed by atoms with Crippen molar-refractivity contribution in [3.63, 3.8) is 0 Å². The van der Waals surface area contributed by atoms with Crippen LogP contribution in [0.4, 0.5) is 13.2 Å². The highest BCUT2D eigenvalue weighted by atomic mass is 19.4. The number of aryl methyl sites for hydroxylation is 3. The van der Waals surface area contributed by atoms with Crippen LogP contribution >= 0.6 is 0 Å². The van der Waals surface area contributed by atoms with Crippen LogP contribution in [0.25, 0.3) is 5.69 Å². The van der Waals surface area contributed by atoms with E-state index in [9.17, 15) is 23.1 Å². The summed E-state index contributed by atoms with van der Waals surface area (Å²) in [6.07, 6.45) is -4.32. The average molecular weight is 328 g/mol. The number of halogens is 3. The molecule has 0 aliphatic rings. The number of aromatic nitrogens is 2. The molecule has 0 spiro atoms. The van der Waals surface area contributed by atoms with Crippen LogP contribution in [0.3, 0.4) is 0 Å². The van der Waals surface area contributed by atoms with Crippen molar-refractivity contribution >= 4 is 5.97 Å². The molecule has 1 aromatic heterocycles. The maximum absolute atomic E-state index is 13.1. The van der Waals surface area contributed by atoms with Crippen molar-refractivity contribution in [1.82, 2.24) is 9.78 Å². The van der Waals surface area contributed by atoms with E-state index in [-0.39, 0.29) is 23.4 Å². The first-order chi connectivity index (χ1) is 10.6. The van der Waals surface area contributed by atoms with E-state index >= 15 is 0 Å². The highest BCUT2D eigenvalue weighted by molar-refractivity contribution is 5.67. The molecule has 0 aliphatic carbocycles. The molecule has 0 bridgehead atoms. The summed E-state index contributed by atoms with van der Waals surface area (Å²) in [5.74, 6) is -1.39. The molecule has 0 unspecified atom stereocenters. The number of rotatable bonds is 4. The number of nitrogens with zero attached hydrogens (tertiary/aromatic N) is 2. The summed E-state index contributed by atoms with van der Waals surface area (Å²) in [4.78, 5) is 10.6. The summed E-state index contributed by atoms with van der Waals surface area (Å²) < 4.78 is 40.2. The molecule has 0 fully saturated rings. The van der Waals surface area contributed by atoms with Gasteiger partial charge in [-0.3, -0.25) is 4.79 Å². The maximum atomic E-state index is 13.1. The summed E-state index contributed by atoms with van der Waals surface area (Å²) >= 11 is 0. The van der Waals surface area contributed by atoms with Crippen LogP contribution in [0.5, 0.6) is 5.75 Å². The van der Waals surface area contributed by atoms with Gasteiger partial charge < -0.3 is 10.2 Å². The minimum Gasteiger partial charge on any atom is -0.506 e. The fourth-order valence-corrected chi connectivity index (χ4v) is 2.42. The molecule has 1 aromatic carbocycles. The summed E-state index contributed by atoms with van der Waals surface area (Å²) in [7, 11) is 0. The van der Waals surface area contributed by atoms with Crippen molar-refractivity contribution in [1.29, 1.82) is 0 Å². The van der Waals surface area contributed by atoms with Crippen LogP contribution in [0, 0.1) is 13.8 Å². The van der Waals surface area contributed by atoms with Crippen LogP contribution in [0.1, 0.15) is 28.8 Å². The second-order valence-corrected chi connectivity index (χ2v) is 5.29. The van der Waals surface area contributed by atoms with E-state index < -0.39 is 24.3 Å². The molecular weight excluding hydrogens is 313 g/mol. The number of aromatic hydroxyl groups is 1. The Morgan fingerprint density at radius 2 is 1.96 bits per heavy atom. The van der Waals surface area contributed by atoms with Gasteiger partial charge in [-0.1, -0.05) is 6.07 Å². The van der Waals surface area contributed by atoms with Crippen molar-refractivity contribution in [2.75, 3.05) is 0 Å². The van der Waals surface area contributed by atoms with E-state index in [1.807, 2.05) is 0 Å². The smallest absolute Gasteiger partial charge is 0.435 e. The zero-order valence-corrected chi connectivity index (χ0v) is 12.5. The van der Waals surface area contributed by atoms with Gasteiger partial charge in [0.15, 0.2) is 5.69 Å². The van der Waals surface area contributed by atoms with Gasteiger partial charge in [-0.15, -0.1) is 0 Å². The van der Waals surface area contributed by atoms with Crippen molar-refractivity contribution in [3.8, 4) is 11.4 Å². The van der Waals surface area contributed by atoms with E-state index in [2.05, 4.69) is 5.10 Å². The zero-order valence-electron chi connectivity index (χ0n) is 12.5. The number of aliphatic carboxylic acids is 1. The minimum atomic E-state index is -4.70. The first-order valence-corrected chi connectivity index (χ1v) is 6.77. The molecule has 0 amide bonds. The van der Waals surface area contributed by atoms with Gasteiger partial charge in [0.05, 0.1) is 0 Å². The van der Waals surface area contributed by atoms with Crippen LogP contribution in [0.15, 0.2) is 18.3 Å². The lowest BCUT2D eigenvalue weighted by Crippen LogP contribution is -2.10. The van der Waals surface area contributed by atoms with E-state index in [0.29, 0.717) is 5.56 Å². The lowest BCUT2D eigenvalue weighted by molar-refractivity contribution is -0.142. The predicted molar refractivity (Wildman–Crippen MR) is 75.7 cm³/mol. The fourth-order valence-electron chi connectivity index (χ4n) is 2.42. The Kier molecular flexibility index (Phi) is 4.35. The number of carboxylic acids is 1. The molecule has 23 heavy (non-hydrogen) atoms. The average Bonchev–Trinajstić information content (AvgIpc) is 2.79. The van der Waals surface area contributed by atoms with Crippen molar-refractivity contribution in [3.05, 3.63) is 40.7 Å². The molecule has 0 atom stereocenters. The molecule has 2 rings (SSSR count). The number of carbonyl (C=O) groups is 1. The maximum Gasteiger partial charge on any atom is 0.435 e. The molecule has 0 aliphatic heterocycles. The van der Waals surface area contributed by atoms with Gasteiger partial charge in [-0.25, -0.2) is 4.68 Å². The van der Waals surface area contributed by atoms with E-state index in [1.54, 1.807) is 19.9 Å². The molecule has 2 N–H and O–H groups in total. The quantitative estimate of drug-likeness (QED) is 0.903. The van der Waals surface area contributed by atoms with Crippen LogP contribution in [0.2, 0.25) is 0 Å². The van der Waals surface area contributed by atoms with Gasteiger partial charge in [0.25, 0.3) is 0 Å². The number of phenols is 1. The van der Waals surface area contributed by atoms with Gasteiger partial charge in [0.1, 0.15) is 11.4 Å². The Hall–Kier alpha value is -2.51. The first kappa shape index (κ1) is 16.9. The van der Waals surface area contributed by atoms with Gasteiger partial charge in [-0.2, -0.15) is 18.3 Å². The molecule has 2 aromatic rings. The monoisotopic (exact) mass is 328 g/mol. The number of alkyl halides is 3. The topological polar surface area (TPSA) is 75.4 Å². The second kappa shape index (κ2) is 5.94. The lowest BCUT2D eigenvalue weighted by Gasteiger charge is -2.10. The normalized spacial score (nSPS) is 11.7. The van der Waals surface area contributed by atoms with Crippen LogP contribution in [-0.4, -0.2) is 26.0 Å². The second-order valence-electron chi connectivity index (χ2n) is 5.29. The molecule has 5 nitrogen and oxygen atoms in total. The Bertz CT molecular complexity index is 728. The molecule has 124 valence electrons.